The zero-order valence-electron chi connectivity index (χ0n) is 12.0. The lowest BCUT2D eigenvalue weighted by molar-refractivity contribution is -0.136. The van der Waals surface area contributed by atoms with Gasteiger partial charge in [0.15, 0.2) is 0 Å². The number of alkyl halides is 3. The molecule has 5 heteroatoms. The van der Waals surface area contributed by atoms with Gasteiger partial charge in [-0.15, -0.1) is 0 Å². The van der Waals surface area contributed by atoms with E-state index in [-0.39, 0.29) is 22.2 Å². The summed E-state index contributed by atoms with van der Waals surface area (Å²) in [6.07, 6.45) is -3.65. The van der Waals surface area contributed by atoms with Crippen molar-refractivity contribution in [1.29, 1.82) is 0 Å². The zero-order chi connectivity index (χ0) is 16.2. The molecular weight excluding hydrogens is 303 g/mol. The van der Waals surface area contributed by atoms with E-state index in [0.29, 0.717) is 24.1 Å². The highest BCUT2D eigenvalue weighted by molar-refractivity contribution is 5.92. The average molecular weight is 315 g/mol. The first-order chi connectivity index (χ1) is 11.0. The van der Waals surface area contributed by atoms with Crippen LogP contribution in [0.15, 0.2) is 42.5 Å². The van der Waals surface area contributed by atoms with Gasteiger partial charge in [0.1, 0.15) is 11.3 Å². The molecule has 0 unspecified atom stereocenters. The van der Waals surface area contributed by atoms with Crippen LogP contribution in [0.2, 0.25) is 0 Å². The maximum Gasteiger partial charge on any atom is 0.417 e. The molecule has 0 amide bonds. The second-order valence-corrected chi connectivity index (χ2v) is 5.64. The first-order valence-electron chi connectivity index (χ1n) is 7.27. The van der Waals surface area contributed by atoms with Crippen LogP contribution in [0.3, 0.4) is 0 Å². The SMILES string of the molecule is Oc1cccc2c(C(F)(F)F)c3c(nc12)-c1ccccc1CC3. The number of aromatic nitrogens is 1. The second-order valence-electron chi connectivity index (χ2n) is 5.64. The number of aryl methyl sites for hydroxylation is 1. The number of benzene rings is 2. The lowest BCUT2D eigenvalue weighted by Gasteiger charge is -2.24. The summed E-state index contributed by atoms with van der Waals surface area (Å²) in [7, 11) is 0. The number of hydrogen-bond donors (Lipinski definition) is 1. The fourth-order valence-corrected chi connectivity index (χ4v) is 3.33. The highest BCUT2D eigenvalue weighted by Crippen LogP contribution is 2.44. The number of phenolic OH excluding ortho intramolecular Hbond substituents is 1. The maximum absolute atomic E-state index is 13.7. The van der Waals surface area contributed by atoms with Crippen molar-refractivity contribution in [2.24, 2.45) is 0 Å². The molecule has 1 N–H and O–H groups in total. The second kappa shape index (κ2) is 4.72. The van der Waals surface area contributed by atoms with E-state index in [9.17, 15) is 18.3 Å². The molecule has 1 aliphatic rings. The maximum atomic E-state index is 13.7. The lowest BCUT2D eigenvalue weighted by Crippen LogP contribution is -2.16. The molecule has 2 nitrogen and oxygen atoms in total. The Morgan fingerprint density at radius 3 is 2.52 bits per heavy atom. The summed E-state index contributed by atoms with van der Waals surface area (Å²) in [6.45, 7) is 0. The molecule has 0 fully saturated rings. The van der Waals surface area contributed by atoms with E-state index in [4.69, 9.17) is 0 Å². The number of fused-ring (bicyclic) bond motifs is 4. The Bertz CT molecular complexity index is 931. The van der Waals surface area contributed by atoms with Crippen molar-refractivity contribution in [1.82, 2.24) is 4.98 Å². The Hall–Kier alpha value is -2.56. The van der Waals surface area contributed by atoms with Crippen LogP contribution >= 0.6 is 0 Å². The molecule has 1 heterocycles. The smallest absolute Gasteiger partial charge is 0.417 e. The molecule has 0 bridgehead atoms. The number of rotatable bonds is 0. The van der Waals surface area contributed by atoms with E-state index >= 15 is 0 Å². The van der Waals surface area contributed by atoms with Gasteiger partial charge in [-0.1, -0.05) is 36.4 Å². The Labute approximate surface area is 130 Å². The number of para-hydroxylation sites is 1. The normalized spacial score (nSPS) is 13.7. The van der Waals surface area contributed by atoms with Gasteiger partial charge in [0, 0.05) is 10.9 Å². The summed E-state index contributed by atoms with van der Waals surface area (Å²) in [6, 6.07) is 11.5. The summed E-state index contributed by atoms with van der Waals surface area (Å²) in [4.78, 5) is 4.38. The minimum absolute atomic E-state index is 0.00437. The van der Waals surface area contributed by atoms with E-state index in [1.54, 1.807) is 12.1 Å². The fraction of sp³-hybridized carbons (Fsp3) is 0.167. The van der Waals surface area contributed by atoms with Crippen molar-refractivity contribution in [3.63, 3.8) is 0 Å². The van der Waals surface area contributed by atoms with Crippen molar-refractivity contribution < 1.29 is 18.3 Å². The number of pyridine rings is 1. The summed E-state index contributed by atoms with van der Waals surface area (Å²) < 4.78 is 41.1. The fourth-order valence-electron chi connectivity index (χ4n) is 3.33. The van der Waals surface area contributed by atoms with Gasteiger partial charge >= 0.3 is 6.18 Å². The average Bonchev–Trinajstić information content (AvgIpc) is 2.52. The molecule has 0 atom stereocenters. The Morgan fingerprint density at radius 2 is 1.74 bits per heavy atom. The third-order valence-electron chi connectivity index (χ3n) is 4.30. The van der Waals surface area contributed by atoms with E-state index in [1.807, 2.05) is 12.1 Å². The number of halogens is 3. The first-order valence-corrected chi connectivity index (χ1v) is 7.27. The van der Waals surface area contributed by atoms with Crippen LogP contribution in [0.5, 0.6) is 5.75 Å². The quantitative estimate of drug-likeness (QED) is 0.651. The molecule has 1 aromatic heterocycles. The highest BCUT2D eigenvalue weighted by atomic mass is 19.4. The lowest BCUT2D eigenvalue weighted by atomic mass is 9.85. The van der Waals surface area contributed by atoms with Crippen LogP contribution in [0.4, 0.5) is 13.2 Å². The van der Waals surface area contributed by atoms with Crippen molar-refractivity contribution in [2.75, 3.05) is 0 Å². The predicted octanol–water partition coefficient (Wildman–Crippen LogP) is 4.72. The van der Waals surface area contributed by atoms with Gasteiger partial charge in [-0.25, -0.2) is 4.98 Å². The standard InChI is InChI=1S/C18H12F3NO/c19-18(20,21)15-12-6-3-7-14(23)17(12)22-16-11-5-2-1-4-10(11)8-9-13(15)16/h1-7,23H,8-9H2. The van der Waals surface area contributed by atoms with E-state index in [0.717, 1.165) is 5.56 Å². The van der Waals surface area contributed by atoms with Gasteiger partial charge in [0.2, 0.25) is 0 Å². The molecule has 23 heavy (non-hydrogen) atoms. The molecular formula is C18H12F3NO. The molecule has 4 rings (SSSR count). The molecule has 0 spiro atoms. The van der Waals surface area contributed by atoms with Crippen LogP contribution in [-0.2, 0) is 19.0 Å². The predicted molar refractivity (Wildman–Crippen MR) is 81.3 cm³/mol. The van der Waals surface area contributed by atoms with Gasteiger partial charge in [-0.3, -0.25) is 0 Å². The van der Waals surface area contributed by atoms with Gasteiger partial charge in [-0.05, 0) is 30.0 Å². The molecule has 0 saturated carbocycles. The Morgan fingerprint density at radius 1 is 0.957 bits per heavy atom. The van der Waals surface area contributed by atoms with Crippen LogP contribution in [-0.4, -0.2) is 10.1 Å². The summed E-state index contributed by atoms with van der Waals surface area (Å²) >= 11 is 0. The van der Waals surface area contributed by atoms with E-state index < -0.39 is 11.7 Å². The number of phenols is 1. The highest BCUT2D eigenvalue weighted by Gasteiger charge is 2.38. The van der Waals surface area contributed by atoms with Gasteiger partial charge in [0.05, 0.1) is 11.3 Å². The van der Waals surface area contributed by atoms with Gasteiger partial charge in [0.25, 0.3) is 0 Å². The summed E-state index contributed by atoms with van der Waals surface area (Å²) in [5.41, 5.74) is 1.56. The summed E-state index contributed by atoms with van der Waals surface area (Å²) in [5.74, 6) is -0.237. The zero-order valence-corrected chi connectivity index (χ0v) is 12.0. The largest absolute Gasteiger partial charge is 0.506 e. The molecule has 2 aromatic carbocycles. The van der Waals surface area contributed by atoms with Crippen molar-refractivity contribution in [3.05, 3.63) is 59.2 Å². The molecule has 1 aliphatic carbocycles. The van der Waals surface area contributed by atoms with Crippen LogP contribution < -0.4 is 0 Å². The van der Waals surface area contributed by atoms with Crippen molar-refractivity contribution in [3.8, 4) is 17.0 Å². The van der Waals surface area contributed by atoms with Crippen molar-refractivity contribution in [2.45, 2.75) is 19.0 Å². The minimum Gasteiger partial charge on any atom is -0.506 e. The van der Waals surface area contributed by atoms with E-state index in [1.165, 1.54) is 18.2 Å². The molecule has 3 aromatic rings. The molecule has 0 aliphatic heterocycles. The Kier molecular flexibility index (Phi) is 2.88. The number of nitrogens with zero attached hydrogens (tertiary/aromatic N) is 1. The topological polar surface area (TPSA) is 33.1 Å². The van der Waals surface area contributed by atoms with Crippen LogP contribution in [0.1, 0.15) is 16.7 Å². The molecule has 116 valence electrons. The monoisotopic (exact) mass is 315 g/mol. The van der Waals surface area contributed by atoms with Crippen molar-refractivity contribution >= 4 is 10.9 Å². The van der Waals surface area contributed by atoms with Crippen LogP contribution in [0, 0.1) is 0 Å². The molecule has 0 radical (unpaired) electrons. The number of hydrogen-bond acceptors (Lipinski definition) is 2. The molecule has 0 saturated heterocycles. The third kappa shape index (κ3) is 2.07. The van der Waals surface area contributed by atoms with Gasteiger partial charge < -0.3 is 5.11 Å². The summed E-state index contributed by atoms with van der Waals surface area (Å²) in [5, 5.41) is 9.94. The Balaban J connectivity index is 2.18. The first kappa shape index (κ1) is 14.1. The minimum atomic E-state index is -4.49. The van der Waals surface area contributed by atoms with Gasteiger partial charge in [-0.2, -0.15) is 13.2 Å². The third-order valence-corrected chi connectivity index (χ3v) is 4.30. The number of aromatic hydroxyl groups is 1. The van der Waals surface area contributed by atoms with E-state index in [2.05, 4.69) is 4.98 Å². The van der Waals surface area contributed by atoms with Crippen LogP contribution in [0.25, 0.3) is 22.2 Å².